The zero-order valence-electron chi connectivity index (χ0n) is 14.4. The van der Waals surface area contributed by atoms with Crippen molar-refractivity contribution >= 4 is 27.5 Å². The fraction of sp³-hybridized carbons (Fsp3) is 0.389. The van der Waals surface area contributed by atoms with E-state index >= 15 is 0 Å². The van der Waals surface area contributed by atoms with Crippen molar-refractivity contribution in [3.8, 4) is 0 Å². The highest BCUT2D eigenvalue weighted by Crippen LogP contribution is 2.26. The van der Waals surface area contributed by atoms with Crippen molar-refractivity contribution in [2.24, 2.45) is 0 Å². The molecule has 1 atom stereocenters. The van der Waals surface area contributed by atoms with E-state index in [1.807, 2.05) is 0 Å². The molecule has 8 heteroatoms. The molecule has 6 nitrogen and oxygen atoms in total. The zero-order chi connectivity index (χ0) is 18.7. The smallest absolute Gasteiger partial charge is 0.244 e. The molecule has 3 rings (SSSR count). The number of sulfonamides is 1. The van der Waals surface area contributed by atoms with Crippen LogP contribution in [0, 0.1) is 6.92 Å². The summed E-state index contributed by atoms with van der Waals surface area (Å²) in [6.07, 6.45) is 2.07. The average molecular weight is 397 g/mol. The molecule has 0 spiro atoms. The molecule has 1 aliphatic heterocycles. The molecule has 26 heavy (non-hydrogen) atoms. The maximum absolute atomic E-state index is 13.3. The Morgan fingerprint density at radius 1 is 1.19 bits per heavy atom. The standard InChI is InChI=1S/C18H21ClN2O4S/c1-13-5-8-15(25-13)12-21(17-4-2-3-11-20-18(17)22)26(23,24)16-9-6-14(19)7-10-16/h5-10,17H,2-4,11-12H2,1H3,(H,20,22). The van der Waals surface area contributed by atoms with Gasteiger partial charge in [0.25, 0.3) is 0 Å². The molecule has 1 aromatic carbocycles. The van der Waals surface area contributed by atoms with E-state index in [0.717, 1.165) is 12.8 Å². The predicted molar refractivity (Wildman–Crippen MR) is 98.3 cm³/mol. The summed E-state index contributed by atoms with van der Waals surface area (Å²) in [5, 5.41) is 3.25. The number of amides is 1. The van der Waals surface area contributed by atoms with Gasteiger partial charge in [-0.2, -0.15) is 4.31 Å². The van der Waals surface area contributed by atoms with E-state index < -0.39 is 16.1 Å². The lowest BCUT2D eigenvalue weighted by Crippen LogP contribution is -2.48. The molecule has 2 heterocycles. The topological polar surface area (TPSA) is 79.6 Å². The van der Waals surface area contributed by atoms with Gasteiger partial charge in [-0.3, -0.25) is 4.79 Å². The van der Waals surface area contributed by atoms with Crippen LogP contribution in [0.4, 0.5) is 0 Å². The molecule has 2 aromatic rings. The number of nitrogens with one attached hydrogen (secondary N) is 1. The van der Waals surface area contributed by atoms with Crippen molar-refractivity contribution in [3.63, 3.8) is 0 Å². The molecule has 140 valence electrons. The number of furan rings is 1. The van der Waals surface area contributed by atoms with E-state index in [4.69, 9.17) is 16.0 Å². The Balaban J connectivity index is 2.00. The molecule has 1 unspecified atom stereocenters. The van der Waals surface area contributed by atoms with Crippen LogP contribution in [-0.2, 0) is 21.4 Å². The Kier molecular flexibility index (Phi) is 5.70. The van der Waals surface area contributed by atoms with Crippen molar-refractivity contribution in [3.05, 3.63) is 52.9 Å². The summed E-state index contributed by atoms with van der Waals surface area (Å²) in [4.78, 5) is 12.6. The van der Waals surface area contributed by atoms with Gasteiger partial charge in [0.05, 0.1) is 11.4 Å². The van der Waals surface area contributed by atoms with Gasteiger partial charge >= 0.3 is 0 Å². The monoisotopic (exact) mass is 396 g/mol. The first-order valence-electron chi connectivity index (χ1n) is 8.48. The van der Waals surface area contributed by atoms with Crippen LogP contribution >= 0.6 is 11.6 Å². The summed E-state index contributed by atoms with van der Waals surface area (Å²) in [6.45, 7) is 2.35. The highest BCUT2D eigenvalue weighted by atomic mass is 35.5. The minimum atomic E-state index is -3.90. The lowest BCUT2D eigenvalue weighted by molar-refractivity contribution is -0.124. The van der Waals surface area contributed by atoms with Crippen LogP contribution in [0.25, 0.3) is 0 Å². The average Bonchev–Trinajstić information content (AvgIpc) is 2.89. The molecule has 0 bridgehead atoms. The number of rotatable bonds is 5. The van der Waals surface area contributed by atoms with Crippen LogP contribution < -0.4 is 5.32 Å². The second-order valence-corrected chi connectivity index (χ2v) is 8.65. The minimum Gasteiger partial charge on any atom is -0.465 e. The summed E-state index contributed by atoms with van der Waals surface area (Å²) >= 11 is 5.88. The molecule has 1 saturated heterocycles. The van der Waals surface area contributed by atoms with Gasteiger partial charge in [0, 0.05) is 11.6 Å². The third-order valence-electron chi connectivity index (χ3n) is 4.38. The van der Waals surface area contributed by atoms with Crippen molar-refractivity contribution in [1.82, 2.24) is 9.62 Å². The lowest BCUT2D eigenvalue weighted by Gasteiger charge is -2.28. The summed E-state index contributed by atoms with van der Waals surface area (Å²) in [7, 11) is -3.90. The fourth-order valence-electron chi connectivity index (χ4n) is 3.03. The highest BCUT2D eigenvalue weighted by Gasteiger charge is 2.37. The summed E-state index contributed by atoms with van der Waals surface area (Å²) in [6, 6.07) is 8.68. The van der Waals surface area contributed by atoms with Crippen LogP contribution in [-0.4, -0.2) is 31.2 Å². The van der Waals surface area contributed by atoms with Crippen LogP contribution in [0.1, 0.15) is 30.8 Å². The third-order valence-corrected chi connectivity index (χ3v) is 6.50. The second kappa shape index (κ2) is 7.82. The number of hydrogen-bond acceptors (Lipinski definition) is 4. The second-order valence-electron chi connectivity index (χ2n) is 6.32. The molecule has 0 saturated carbocycles. The Hall–Kier alpha value is -1.83. The van der Waals surface area contributed by atoms with Gasteiger partial charge in [-0.25, -0.2) is 8.42 Å². The van der Waals surface area contributed by atoms with Gasteiger partial charge in [0.15, 0.2) is 0 Å². The molecular formula is C18H21ClN2O4S. The largest absolute Gasteiger partial charge is 0.465 e. The van der Waals surface area contributed by atoms with Gasteiger partial charge < -0.3 is 9.73 Å². The number of nitrogens with zero attached hydrogens (tertiary/aromatic N) is 1. The van der Waals surface area contributed by atoms with Crippen LogP contribution in [0.15, 0.2) is 45.7 Å². The van der Waals surface area contributed by atoms with Gasteiger partial charge in [0.2, 0.25) is 15.9 Å². The predicted octanol–water partition coefficient (Wildman–Crippen LogP) is 3.10. The Labute approximate surface area is 158 Å². The minimum absolute atomic E-state index is 0.00309. The lowest BCUT2D eigenvalue weighted by atomic mass is 10.1. The van der Waals surface area contributed by atoms with Crippen molar-refractivity contribution in [2.75, 3.05) is 6.54 Å². The van der Waals surface area contributed by atoms with E-state index in [1.54, 1.807) is 19.1 Å². The normalized spacial score (nSPS) is 18.6. The first kappa shape index (κ1) is 18.9. The Morgan fingerprint density at radius 3 is 2.58 bits per heavy atom. The van der Waals surface area contributed by atoms with Gasteiger partial charge in [-0.15, -0.1) is 0 Å². The van der Waals surface area contributed by atoms with E-state index in [2.05, 4.69) is 5.32 Å². The number of aryl methyl sites for hydroxylation is 1. The summed E-state index contributed by atoms with van der Waals surface area (Å²) in [5.41, 5.74) is 0. The maximum Gasteiger partial charge on any atom is 0.244 e. The number of carbonyl (C=O) groups is 1. The molecule has 1 N–H and O–H groups in total. The van der Waals surface area contributed by atoms with E-state index in [-0.39, 0.29) is 17.3 Å². The van der Waals surface area contributed by atoms with Gasteiger partial charge in [-0.1, -0.05) is 11.6 Å². The molecule has 1 fully saturated rings. The third kappa shape index (κ3) is 4.11. The van der Waals surface area contributed by atoms with Crippen molar-refractivity contribution in [1.29, 1.82) is 0 Å². The molecule has 1 aromatic heterocycles. The Bertz CT molecular complexity index is 877. The molecule has 1 amide bonds. The zero-order valence-corrected chi connectivity index (χ0v) is 16.0. The Morgan fingerprint density at radius 2 is 1.92 bits per heavy atom. The first-order chi connectivity index (χ1) is 12.4. The van der Waals surface area contributed by atoms with E-state index in [0.29, 0.717) is 29.5 Å². The number of benzene rings is 1. The van der Waals surface area contributed by atoms with E-state index in [9.17, 15) is 13.2 Å². The molecule has 0 aliphatic carbocycles. The van der Waals surface area contributed by atoms with Crippen molar-refractivity contribution < 1.29 is 17.6 Å². The van der Waals surface area contributed by atoms with Gasteiger partial charge in [0.1, 0.15) is 17.6 Å². The molecule has 0 radical (unpaired) electrons. The van der Waals surface area contributed by atoms with Crippen molar-refractivity contribution in [2.45, 2.75) is 43.7 Å². The maximum atomic E-state index is 13.3. The SMILES string of the molecule is Cc1ccc(CN(C2CCCCNC2=O)S(=O)(=O)c2ccc(Cl)cc2)o1. The van der Waals surface area contributed by atoms with Crippen LogP contribution in [0.2, 0.25) is 5.02 Å². The number of halogens is 1. The molecular weight excluding hydrogens is 376 g/mol. The van der Waals surface area contributed by atoms with Crippen LogP contribution in [0.3, 0.4) is 0 Å². The van der Waals surface area contributed by atoms with Gasteiger partial charge in [-0.05, 0) is 62.6 Å². The highest BCUT2D eigenvalue weighted by molar-refractivity contribution is 7.89. The summed E-state index contributed by atoms with van der Waals surface area (Å²) < 4.78 is 33.3. The molecule has 1 aliphatic rings. The first-order valence-corrected chi connectivity index (χ1v) is 10.3. The van der Waals surface area contributed by atoms with Crippen LogP contribution in [0.5, 0.6) is 0 Å². The number of carbonyl (C=O) groups excluding carboxylic acids is 1. The fourth-order valence-corrected chi connectivity index (χ4v) is 4.74. The van der Waals surface area contributed by atoms with E-state index in [1.165, 1.54) is 28.6 Å². The number of hydrogen-bond donors (Lipinski definition) is 1. The summed E-state index contributed by atoms with van der Waals surface area (Å²) in [5.74, 6) is 0.912. The quantitative estimate of drug-likeness (QED) is 0.842.